The van der Waals surface area contributed by atoms with E-state index in [1.165, 1.54) is 6.07 Å². The number of aromatic nitrogens is 5. The van der Waals surface area contributed by atoms with Crippen LogP contribution in [0.15, 0.2) is 18.3 Å². The fraction of sp³-hybridized carbons (Fsp3) is 0.524. The standard InChI is InChI=1S/C21H22F7N7O3/c1-9(2)29-19(36)38-13-4-3-11(17(13)22)12-5-15(34-33-12)32-18-31-14(20(23,24)25)6-16-30-10(7-35(16)18)8-37-21(26,27)28/h5-7,9,11,13,17H,3-4,8H2,1-2H3,(H,29,36)(H2,31,32,33,34)/t11-,13-,17+/m0/s1. The molecular weight excluding hydrogens is 531 g/mol. The number of imidazole rings is 1. The second kappa shape index (κ2) is 10.3. The van der Waals surface area contributed by atoms with E-state index in [-0.39, 0.29) is 29.6 Å². The van der Waals surface area contributed by atoms with Gasteiger partial charge in [-0.2, -0.15) is 18.3 Å². The highest BCUT2D eigenvalue weighted by molar-refractivity contribution is 5.67. The predicted octanol–water partition coefficient (Wildman–Crippen LogP) is 4.97. The van der Waals surface area contributed by atoms with Crippen LogP contribution in [0.2, 0.25) is 0 Å². The van der Waals surface area contributed by atoms with Crippen molar-refractivity contribution in [3.05, 3.63) is 35.4 Å². The van der Waals surface area contributed by atoms with E-state index in [0.717, 1.165) is 10.6 Å². The van der Waals surface area contributed by atoms with Crippen LogP contribution in [0.1, 0.15) is 49.7 Å². The molecule has 0 saturated heterocycles. The Morgan fingerprint density at radius 1 is 1.18 bits per heavy atom. The van der Waals surface area contributed by atoms with E-state index in [1.54, 1.807) is 13.8 Å². The number of H-pyrrole nitrogens is 1. The van der Waals surface area contributed by atoms with Gasteiger partial charge in [-0.1, -0.05) is 0 Å². The molecule has 1 amide bonds. The number of aromatic amines is 1. The van der Waals surface area contributed by atoms with Crippen molar-refractivity contribution in [1.29, 1.82) is 0 Å². The van der Waals surface area contributed by atoms with Gasteiger partial charge in [-0.3, -0.25) is 14.2 Å². The maximum atomic E-state index is 15.0. The summed E-state index contributed by atoms with van der Waals surface area (Å²) < 4.78 is 102. The summed E-state index contributed by atoms with van der Waals surface area (Å²) in [7, 11) is 0. The minimum atomic E-state index is -4.96. The van der Waals surface area contributed by atoms with E-state index < -0.39 is 55.1 Å². The molecule has 3 aromatic heterocycles. The Morgan fingerprint density at radius 3 is 2.58 bits per heavy atom. The molecule has 10 nitrogen and oxygen atoms in total. The topological polar surface area (TPSA) is 118 Å². The molecule has 0 unspecified atom stereocenters. The van der Waals surface area contributed by atoms with Crippen LogP contribution in [0.25, 0.3) is 5.65 Å². The number of hydrogen-bond donors (Lipinski definition) is 3. The molecule has 208 valence electrons. The van der Waals surface area contributed by atoms with E-state index in [1.807, 2.05) is 0 Å². The van der Waals surface area contributed by atoms with Crippen LogP contribution in [-0.2, 0) is 22.3 Å². The van der Waals surface area contributed by atoms with Gasteiger partial charge in [0.25, 0.3) is 0 Å². The number of rotatable bonds is 7. The monoisotopic (exact) mass is 553 g/mol. The molecule has 0 radical (unpaired) electrons. The minimum Gasteiger partial charge on any atom is -0.443 e. The predicted molar refractivity (Wildman–Crippen MR) is 116 cm³/mol. The van der Waals surface area contributed by atoms with Crippen LogP contribution in [-0.4, -0.2) is 55.3 Å². The quantitative estimate of drug-likeness (QED) is 0.354. The molecule has 1 aliphatic rings. The number of nitrogens with zero attached hydrogens (tertiary/aromatic N) is 4. The molecule has 0 aromatic carbocycles. The maximum absolute atomic E-state index is 15.0. The third-order valence-corrected chi connectivity index (χ3v) is 5.58. The first kappa shape index (κ1) is 27.4. The largest absolute Gasteiger partial charge is 0.522 e. The lowest BCUT2D eigenvalue weighted by Crippen LogP contribution is -2.36. The number of hydrogen-bond acceptors (Lipinski definition) is 7. The molecule has 17 heteroatoms. The molecule has 1 saturated carbocycles. The van der Waals surface area contributed by atoms with Gasteiger partial charge in [0.05, 0.1) is 12.3 Å². The Balaban J connectivity index is 1.54. The van der Waals surface area contributed by atoms with Crippen LogP contribution in [0.4, 0.5) is 47.3 Å². The minimum absolute atomic E-state index is 0.0379. The summed E-state index contributed by atoms with van der Waals surface area (Å²) >= 11 is 0. The highest BCUT2D eigenvalue weighted by atomic mass is 19.4. The first-order valence-electron chi connectivity index (χ1n) is 11.3. The van der Waals surface area contributed by atoms with Crippen LogP contribution in [0.3, 0.4) is 0 Å². The average molecular weight is 553 g/mol. The third kappa shape index (κ3) is 6.43. The van der Waals surface area contributed by atoms with Gasteiger partial charge < -0.3 is 15.4 Å². The number of carbonyl (C=O) groups is 1. The highest BCUT2D eigenvalue weighted by Gasteiger charge is 2.41. The smallest absolute Gasteiger partial charge is 0.443 e. The van der Waals surface area contributed by atoms with Gasteiger partial charge in [0.15, 0.2) is 11.5 Å². The Bertz CT molecular complexity index is 1290. The number of alkyl carbamates (subject to hydrolysis) is 1. The van der Waals surface area contributed by atoms with Gasteiger partial charge in [-0.15, -0.1) is 13.2 Å². The van der Waals surface area contributed by atoms with E-state index in [9.17, 15) is 31.1 Å². The second-order valence-electron chi connectivity index (χ2n) is 8.86. The molecule has 0 aliphatic heterocycles. The fourth-order valence-electron chi connectivity index (χ4n) is 3.98. The summed E-state index contributed by atoms with van der Waals surface area (Å²) in [5.41, 5.74) is -1.70. The lowest BCUT2D eigenvalue weighted by atomic mass is 10.0. The number of carbonyl (C=O) groups excluding carboxylic acids is 1. The molecule has 3 atom stereocenters. The van der Waals surface area contributed by atoms with Crippen molar-refractivity contribution in [2.75, 3.05) is 5.32 Å². The first-order chi connectivity index (χ1) is 17.7. The van der Waals surface area contributed by atoms with Crippen LogP contribution >= 0.6 is 0 Å². The molecule has 3 aromatic rings. The summed E-state index contributed by atoms with van der Waals surface area (Å²) in [5.74, 6) is -1.22. The zero-order valence-electron chi connectivity index (χ0n) is 19.8. The third-order valence-electron chi connectivity index (χ3n) is 5.58. The van der Waals surface area contributed by atoms with Crippen molar-refractivity contribution in [3.8, 4) is 0 Å². The number of fused-ring (bicyclic) bond motifs is 1. The molecular formula is C21H22F7N7O3. The molecule has 1 fully saturated rings. The van der Waals surface area contributed by atoms with E-state index in [0.29, 0.717) is 18.2 Å². The zero-order valence-corrected chi connectivity index (χ0v) is 19.8. The fourth-order valence-corrected chi connectivity index (χ4v) is 3.98. The Morgan fingerprint density at radius 2 is 1.92 bits per heavy atom. The Kier molecular flexibility index (Phi) is 7.40. The lowest BCUT2D eigenvalue weighted by molar-refractivity contribution is -0.330. The molecule has 4 rings (SSSR count). The van der Waals surface area contributed by atoms with Gasteiger partial charge in [0.2, 0.25) is 5.95 Å². The van der Waals surface area contributed by atoms with E-state index >= 15 is 4.39 Å². The number of nitrogens with one attached hydrogen (secondary N) is 3. The van der Waals surface area contributed by atoms with Crippen molar-refractivity contribution in [2.24, 2.45) is 0 Å². The van der Waals surface area contributed by atoms with Crippen LogP contribution in [0.5, 0.6) is 0 Å². The number of anilines is 2. The van der Waals surface area contributed by atoms with Gasteiger partial charge in [-0.05, 0) is 26.7 Å². The first-order valence-corrected chi connectivity index (χ1v) is 11.3. The summed E-state index contributed by atoms with van der Waals surface area (Å²) in [6, 6.07) is 1.73. The Hall–Kier alpha value is -3.63. The van der Waals surface area contributed by atoms with Crippen molar-refractivity contribution in [1.82, 2.24) is 29.9 Å². The SMILES string of the molecule is CC(C)NC(=O)O[C@H]1CC[C@@H](c2cc(Nc3nc(C(F)(F)F)cc4nc(COC(F)(F)F)cn34)n[nH]2)[C@H]1F. The highest BCUT2D eigenvalue weighted by Crippen LogP contribution is 2.39. The van der Waals surface area contributed by atoms with E-state index in [2.05, 4.69) is 35.5 Å². The summed E-state index contributed by atoms with van der Waals surface area (Å²) in [5, 5.41) is 11.6. The van der Waals surface area contributed by atoms with Gasteiger partial charge >= 0.3 is 18.6 Å². The normalized spacial score (nSPS) is 20.3. The van der Waals surface area contributed by atoms with Crippen molar-refractivity contribution in [2.45, 2.75) is 70.1 Å². The summed E-state index contributed by atoms with van der Waals surface area (Å²) in [4.78, 5) is 19.1. The van der Waals surface area contributed by atoms with Crippen molar-refractivity contribution >= 4 is 23.5 Å². The molecule has 0 bridgehead atoms. The molecule has 3 N–H and O–H groups in total. The van der Waals surface area contributed by atoms with Gasteiger partial charge in [0, 0.05) is 36.0 Å². The van der Waals surface area contributed by atoms with Crippen molar-refractivity contribution in [3.63, 3.8) is 0 Å². The zero-order chi connectivity index (χ0) is 27.8. The van der Waals surface area contributed by atoms with E-state index in [4.69, 9.17) is 4.74 Å². The molecule has 3 heterocycles. The Labute approximate surface area is 209 Å². The second-order valence-corrected chi connectivity index (χ2v) is 8.86. The lowest BCUT2D eigenvalue weighted by Gasteiger charge is -2.18. The number of halogens is 7. The number of ether oxygens (including phenoxy) is 2. The van der Waals surface area contributed by atoms with Gasteiger partial charge in [-0.25, -0.2) is 19.2 Å². The van der Waals surface area contributed by atoms with Crippen LogP contribution in [0, 0.1) is 0 Å². The van der Waals surface area contributed by atoms with Gasteiger partial charge in [0.1, 0.15) is 17.9 Å². The maximum Gasteiger partial charge on any atom is 0.522 e. The average Bonchev–Trinajstić information content (AvgIpc) is 3.50. The summed E-state index contributed by atoms with van der Waals surface area (Å²) in [6.45, 7) is 2.41. The van der Waals surface area contributed by atoms with Crippen LogP contribution < -0.4 is 10.6 Å². The summed E-state index contributed by atoms with van der Waals surface area (Å²) in [6.07, 6.45) is -11.6. The van der Waals surface area contributed by atoms with Crippen molar-refractivity contribution < 1.29 is 45.0 Å². The molecule has 0 spiro atoms. The molecule has 38 heavy (non-hydrogen) atoms. The number of amides is 1. The molecule has 1 aliphatic carbocycles. The number of alkyl halides is 7.